The Morgan fingerprint density at radius 1 is 1.70 bits per heavy atom. The van der Waals surface area contributed by atoms with Gasteiger partial charge < -0.3 is 5.73 Å². The number of nitrogens with zero attached hydrogens (tertiary/aromatic N) is 1. The molecule has 1 aromatic heterocycles. The largest absolute Gasteiger partial charge is 0.383 e. The quantitative estimate of drug-likeness (QED) is 0.733. The van der Waals surface area contributed by atoms with Gasteiger partial charge in [-0.2, -0.15) is 0 Å². The van der Waals surface area contributed by atoms with Crippen LogP contribution in [0.5, 0.6) is 0 Å². The van der Waals surface area contributed by atoms with E-state index in [2.05, 4.69) is 27.6 Å². The highest BCUT2D eigenvalue weighted by Gasteiger charge is 2.03. The number of rotatable bonds is 0. The topological polar surface area (TPSA) is 38.9 Å². The third-order valence-corrected chi connectivity index (χ3v) is 2.97. The summed E-state index contributed by atoms with van der Waals surface area (Å²) in [5.41, 5.74) is 6.51. The molecule has 0 unspecified atom stereocenters. The van der Waals surface area contributed by atoms with E-state index in [0.717, 1.165) is 9.13 Å². The molecule has 0 aliphatic carbocycles. The van der Waals surface area contributed by atoms with Crippen molar-refractivity contribution < 1.29 is 0 Å². The lowest BCUT2D eigenvalue weighted by atomic mass is 10.3. The fraction of sp³-hybridized carbons (Fsp3) is 0.167. The maximum Gasteiger partial charge on any atom is 0.137 e. The number of anilines is 1. The Kier molecular flexibility index (Phi) is 2.36. The van der Waals surface area contributed by atoms with Gasteiger partial charge in [0.05, 0.1) is 8.59 Å². The molecule has 1 heterocycles. The first-order valence-corrected chi connectivity index (χ1v) is 4.14. The summed E-state index contributed by atoms with van der Waals surface area (Å²) in [5, 5.41) is 0.665. The van der Waals surface area contributed by atoms with Gasteiger partial charge in [-0.05, 0) is 35.1 Å². The van der Waals surface area contributed by atoms with Crippen LogP contribution in [-0.4, -0.2) is 4.98 Å². The van der Waals surface area contributed by atoms with Crippen molar-refractivity contribution in [3.8, 4) is 0 Å². The second-order valence-electron chi connectivity index (χ2n) is 1.93. The van der Waals surface area contributed by atoms with Crippen LogP contribution in [0.2, 0.25) is 5.02 Å². The highest BCUT2D eigenvalue weighted by molar-refractivity contribution is 14.1. The van der Waals surface area contributed by atoms with Crippen LogP contribution in [0.3, 0.4) is 0 Å². The standard InChI is InChI=1S/C6H6ClIN2/c1-3-4(7)2-10-6(9)5(3)8/h2H,1H3,(H2,9,10). The number of hydrogen-bond donors (Lipinski definition) is 1. The van der Waals surface area contributed by atoms with E-state index in [9.17, 15) is 0 Å². The van der Waals surface area contributed by atoms with E-state index in [0.29, 0.717) is 10.8 Å². The van der Waals surface area contributed by atoms with Crippen molar-refractivity contribution in [2.45, 2.75) is 6.92 Å². The van der Waals surface area contributed by atoms with Crippen molar-refractivity contribution in [1.29, 1.82) is 0 Å². The number of halogens is 2. The Bertz CT molecular complexity index is 235. The first kappa shape index (κ1) is 8.07. The fourth-order valence-corrected chi connectivity index (χ4v) is 1.31. The molecule has 2 nitrogen and oxygen atoms in total. The molecular formula is C6H6ClIN2. The SMILES string of the molecule is Cc1c(Cl)cnc(N)c1I. The number of hydrogen-bond acceptors (Lipinski definition) is 2. The smallest absolute Gasteiger partial charge is 0.137 e. The molecule has 0 saturated heterocycles. The summed E-state index contributed by atoms with van der Waals surface area (Å²) in [4.78, 5) is 3.88. The van der Waals surface area contributed by atoms with E-state index < -0.39 is 0 Å². The molecule has 4 heteroatoms. The molecule has 10 heavy (non-hydrogen) atoms. The summed E-state index contributed by atoms with van der Waals surface area (Å²) in [5.74, 6) is 0.544. The Hall–Kier alpha value is -0.0300. The average molecular weight is 268 g/mol. The third kappa shape index (κ3) is 1.34. The predicted octanol–water partition coefficient (Wildman–Crippen LogP) is 2.23. The lowest BCUT2D eigenvalue weighted by Crippen LogP contribution is -1.95. The van der Waals surface area contributed by atoms with Gasteiger partial charge >= 0.3 is 0 Å². The first-order valence-electron chi connectivity index (χ1n) is 2.69. The molecule has 0 spiro atoms. The lowest BCUT2D eigenvalue weighted by Gasteiger charge is -2.01. The monoisotopic (exact) mass is 268 g/mol. The molecule has 0 atom stereocenters. The number of pyridine rings is 1. The first-order chi connectivity index (χ1) is 4.63. The summed E-state index contributed by atoms with van der Waals surface area (Å²) in [6, 6.07) is 0. The Morgan fingerprint density at radius 3 is 2.80 bits per heavy atom. The Labute approximate surface area is 77.9 Å². The van der Waals surface area contributed by atoms with E-state index in [-0.39, 0.29) is 0 Å². The Balaban J connectivity index is 3.34. The van der Waals surface area contributed by atoms with Crippen molar-refractivity contribution >= 4 is 40.0 Å². The van der Waals surface area contributed by atoms with Crippen LogP contribution in [0, 0.1) is 10.5 Å². The van der Waals surface area contributed by atoms with E-state index in [1.165, 1.54) is 0 Å². The fourth-order valence-electron chi connectivity index (χ4n) is 0.577. The van der Waals surface area contributed by atoms with Crippen molar-refractivity contribution in [2.24, 2.45) is 0 Å². The summed E-state index contributed by atoms with van der Waals surface area (Å²) < 4.78 is 0.935. The predicted molar refractivity (Wildman–Crippen MR) is 51.1 cm³/mol. The highest BCUT2D eigenvalue weighted by Crippen LogP contribution is 2.22. The Morgan fingerprint density at radius 2 is 2.30 bits per heavy atom. The zero-order valence-corrected chi connectivity index (χ0v) is 8.27. The van der Waals surface area contributed by atoms with Crippen LogP contribution in [0.1, 0.15) is 5.56 Å². The normalized spacial score (nSPS) is 9.90. The zero-order chi connectivity index (χ0) is 7.72. The second-order valence-corrected chi connectivity index (χ2v) is 3.42. The maximum absolute atomic E-state index is 5.76. The van der Waals surface area contributed by atoms with Gasteiger partial charge in [0.1, 0.15) is 5.82 Å². The second kappa shape index (κ2) is 2.92. The van der Waals surface area contributed by atoms with Gasteiger partial charge in [-0.1, -0.05) is 11.6 Å². The van der Waals surface area contributed by atoms with Gasteiger partial charge in [-0.15, -0.1) is 0 Å². The average Bonchev–Trinajstić information content (AvgIpc) is 1.93. The van der Waals surface area contributed by atoms with E-state index in [4.69, 9.17) is 17.3 Å². The van der Waals surface area contributed by atoms with Gasteiger partial charge in [0.15, 0.2) is 0 Å². The molecule has 54 valence electrons. The molecule has 0 amide bonds. The molecular weight excluding hydrogens is 262 g/mol. The molecule has 0 bridgehead atoms. The van der Waals surface area contributed by atoms with Crippen molar-refractivity contribution in [2.75, 3.05) is 5.73 Å². The van der Waals surface area contributed by atoms with Crippen LogP contribution < -0.4 is 5.73 Å². The van der Waals surface area contributed by atoms with Gasteiger partial charge in [0.25, 0.3) is 0 Å². The van der Waals surface area contributed by atoms with E-state index >= 15 is 0 Å². The number of nitrogens with two attached hydrogens (primary N) is 1. The highest BCUT2D eigenvalue weighted by atomic mass is 127. The summed E-state index contributed by atoms with van der Waals surface area (Å²) in [7, 11) is 0. The van der Waals surface area contributed by atoms with Crippen LogP contribution >= 0.6 is 34.2 Å². The minimum absolute atomic E-state index is 0.544. The number of nitrogen functional groups attached to an aromatic ring is 1. The molecule has 2 N–H and O–H groups in total. The maximum atomic E-state index is 5.76. The molecule has 0 aliphatic heterocycles. The van der Waals surface area contributed by atoms with Crippen LogP contribution in [0.4, 0.5) is 5.82 Å². The van der Waals surface area contributed by atoms with Gasteiger partial charge in [-0.25, -0.2) is 4.98 Å². The molecule has 0 saturated carbocycles. The number of aromatic nitrogens is 1. The van der Waals surface area contributed by atoms with Crippen molar-refractivity contribution in [1.82, 2.24) is 4.98 Å². The van der Waals surface area contributed by atoms with Gasteiger partial charge in [0.2, 0.25) is 0 Å². The van der Waals surface area contributed by atoms with Crippen LogP contribution in [0.15, 0.2) is 6.20 Å². The van der Waals surface area contributed by atoms with Gasteiger partial charge in [-0.3, -0.25) is 0 Å². The van der Waals surface area contributed by atoms with Crippen molar-refractivity contribution in [3.05, 3.63) is 20.4 Å². The lowest BCUT2D eigenvalue weighted by molar-refractivity contribution is 1.27. The molecule has 1 rings (SSSR count). The minimum atomic E-state index is 0.544. The molecule has 0 radical (unpaired) electrons. The summed E-state index contributed by atoms with van der Waals surface area (Å²) in [6.07, 6.45) is 1.56. The molecule has 1 aromatic rings. The molecule has 0 aliphatic rings. The zero-order valence-electron chi connectivity index (χ0n) is 5.36. The third-order valence-electron chi connectivity index (χ3n) is 1.23. The van der Waals surface area contributed by atoms with E-state index in [1.54, 1.807) is 6.20 Å². The minimum Gasteiger partial charge on any atom is -0.383 e. The molecule has 0 fully saturated rings. The summed E-state index contributed by atoms with van der Waals surface area (Å²) >= 11 is 7.89. The van der Waals surface area contributed by atoms with Crippen LogP contribution in [0.25, 0.3) is 0 Å². The van der Waals surface area contributed by atoms with Crippen molar-refractivity contribution in [3.63, 3.8) is 0 Å². The van der Waals surface area contributed by atoms with Gasteiger partial charge in [0, 0.05) is 6.20 Å². The van der Waals surface area contributed by atoms with Crippen LogP contribution in [-0.2, 0) is 0 Å². The summed E-state index contributed by atoms with van der Waals surface area (Å²) in [6.45, 7) is 1.92. The van der Waals surface area contributed by atoms with E-state index in [1.807, 2.05) is 6.92 Å². The molecule has 0 aromatic carbocycles.